The highest BCUT2D eigenvalue weighted by Gasteiger charge is 2.55. The Hall–Kier alpha value is -5.68. The first kappa shape index (κ1) is 33.3. The minimum absolute atomic E-state index is 0.143. The number of pyridine rings is 1. The van der Waals surface area contributed by atoms with Crippen molar-refractivity contribution in [1.29, 1.82) is 0 Å². The monoisotopic (exact) mass is 765 g/mol. The molecule has 4 heterocycles. The summed E-state index contributed by atoms with van der Waals surface area (Å²) in [5.41, 5.74) is 12.9. The van der Waals surface area contributed by atoms with Gasteiger partial charge in [0.05, 0.1) is 22.6 Å². The zero-order chi connectivity index (χ0) is 43.1. The van der Waals surface area contributed by atoms with Crippen molar-refractivity contribution in [3.63, 3.8) is 0 Å². The van der Waals surface area contributed by atoms with Gasteiger partial charge in [-0.25, -0.2) is 9.97 Å². The lowest BCUT2D eigenvalue weighted by Gasteiger charge is -2.50. The van der Waals surface area contributed by atoms with Crippen LogP contribution in [-0.2, 0) is 16.2 Å². The van der Waals surface area contributed by atoms with Crippen molar-refractivity contribution in [1.82, 2.24) is 18.9 Å². The maximum Gasteiger partial charge on any atom is 0.146 e. The lowest BCUT2D eigenvalue weighted by atomic mass is 9.55. The molecule has 5 nitrogen and oxygen atoms in total. The maximum atomic E-state index is 8.78. The molecule has 8 aromatic rings. The van der Waals surface area contributed by atoms with E-state index < -0.39 is 6.85 Å². The summed E-state index contributed by atoms with van der Waals surface area (Å²) in [4.78, 5) is 10.5. The lowest BCUT2D eigenvalue weighted by Crippen LogP contribution is -2.49. The number of aryl methyl sites for hydroxylation is 2. The molecular formula is C53H54N4O. The average molecular weight is 766 g/mol. The van der Waals surface area contributed by atoms with Gasteiger partial charge >= 0.3 is 0 Å². The minimum Gasteiger partial charge on any atom is -0.457 e. The van der Waals surface area contributed by atoms with E-state index in [9.17, 15) is 0 Å². The van der Waals surface area contributed by atoms with Crippen LogP contribution in [0.15, 0.2) is 103 Å². The summed E-state index contributed by atoms with van der Waals surface area (Å²) in [5, 5.41) is 2.46. The first-order valence-corrected chi connectivity index (χ1v) is 20.8. The van der Waals surface area contributed by atoms with Gasteiger partial charge < -0.3 is 4.74 Å². The highest BCUT2D eigenvalue weighted by atomic mass is 16.5. The van der Waals surface area contributed by atoms with E-state index in [0.29, 0.717) is 28.9 Å². The Kier molecular flexibility index (Phi) is 7.13. The van der Waals surface area contributed by atoms with Crippen molar-refractivity contribution < 1.29 is 8.85 Å². The quantitative estimate of drug-likeness (QED) is 0.158. The molecule has 292 valence electrons. The van der Waals surface area contributed by atoms with Crippen molar-refractivity contribution >= 4 is 27.3 Å². The van der Waals surface area contributed by atoms with Gasteiger partial charge in [-0.2, -0.15) is 0 Å². The molecule has 1 aliphatic carbocycles. The molecule has 0 N–H and O–H groups in total. The number of fused-ring (bicyclic) bond motifs is 5. The Balaban J connectivity index is 1.18. The lowest BCUT2D eigenvalue weighted by molar-refractivity contribution is 0.204. The fourth-order valence-corrected chi connectivity index (χ4v) is 10.8. The van der Waals surface area contributed by atoms with E-state index in [4.69, 9.17) is 18.8 Å². The zero-order valence-corrected chi connectivity index (χ0v) is 35.4. The number of hydrogen-bond acceptors (Lipinski definition) is 3. The minimum atomic E-state index is -2.33. The molecule has 10 rings (SSSR count). The maximum absolute atomic E-state index is 8.78. The van der Waals surface area contributed by atoms with Crippen LogP contribution < -0.4 is 4.74 Å². The molecule has 3 aromatic heterocycles. The molecule has 1 aliphatic heterocycles. The summed E-state index contributed by atoms with van der Waals surface area (Å²) in [6.45, 7) is 20.6. The van der Waals surface area contributed by atoms with Gasteiger partial charge in [0.25, 0.3) is 0 Å². The van der Waals surface area contributed by atoms with E-state index >= 15 is 0 Å². The number of rotatable bonds is 6. The summed E-state index contributed by atoms with van der Waals surface area (Å²) < 4.78 is 37.7. The third-order valence-corrected chi connectivity index (χ3v) is 13.8. The topological polar surface area (TPSA) is 44.3 Å². The molecule has 5 aromatic carbocycles. The van der Waals surface area contributed by atoms with Crippen LogP contribution >= 0.6 is 0 Å². The van der Waals surface area contributed by atoms with Gasteiger partial charge in [0.15, 0.2) is 0 Å². The van der Waals surface area contributed by atoms with Crippen molar-refractivity contribution in [2.75, 3.05) is 0 Å². The highest BCUT2D eigenvalue weighted by Crippen LogP contribution is 2.60. The molecule has 0 radical (unpaired) electrons. The van der Waals surface area contributed by atoms with Crippen LogP contribution in [0.2, 0.25) is 0 Å². The largest absolute Gasteiger partial charge is 0.457 e. The van der Waals surface area contributed by atoms with Gasteiger partial charge in [-0.15, -0.1) is 0 Å². The molecule has 0 amide bonds. The Morgan fingerprint density at radius 3 is 2.26 bits per heavy atom. The Morgan fingerprint density at radius 2 is 1.52 bits per heavy atom. The van der Waals surface area contributed by atoms with E-state index in [2.05, 4.69) is 145 Å². The fraction of sp³-hybridized carbons (Fsp3) is 0.321. The molecule has 1 unspecified atom stereocenters. The third-order valence-electron chi connectivity index (χ3n) is 13.8. The summed E-state index contributed by atoms with van der Waals surface area (Å²) in [7, 11) is 0. The second kappa shape index (κ2) is 12.4. The van der Waals surface area contributed by atoms with Crippen LogP contribution in [0.3, 0.4) is 0 Å². The van der Waals surface area contributed by atoms with E-state index in [1.54, 1.807) is 0 Å². The third kappa shape index (κ3) is 5.01. The van der Waals surface area contributed by atoms with Gasteiger partial charge in [-0.3, -0.25) is 8.97 Å². The number of nitrogens with zero attached hydrogens (tertiary/aromatic N) is 4. The van der Waals surface area contributed by atoms with Crippen LogP contribution in [-0.4, -0.2) is 18.9 Å². The van der Waals surface area contributed by atoms with Crippen molar-refractivity contribution in [3.8, 4) is 39.8 Å². The van der Waals surface area contributed by atoms with E-state index in [0.717, 1.165) is 67.6 Å². The number of ether oxygens (including phenoxy) is 1. The van der Waals surface area contributed by atoms with E-state index in [-0.39, 0.29) is 16.2 Å². The van der Waals surface area contributed by atoms with E-state index in [1.165, 1.54) is 27.9 Å². The van der Waals surface area contributed by atoms with Crippen LogP contribution in [0.5, 0.6) is 11.5 Å². The first-order valence-electron chi connectivity index (χ1n) is 22.3. The normalized spacial score (nSPS) is 18.8. The van der Waals surface area contributed by atoms with Gasteiger partial charge in [-0.1, -0.05) is 129 Å². The predicted octanol–water partition coefficient (Wildman–Crippen LogP) is 14.0. The summed E-state index contributed by atoms with van der Waals surface area (Å²) in [6.07, 6.45) is 4.83. The SMILES string of the molecule is [2H]C([2H])([2H])c1ccc2c3c1c1ccc(Oc4cccc(-c5nccn5-c5c(C(C)C)cc(C)cc5C(C)C)c4)cc1c1nc4c(n13)C(C)(CC(C)(C)c1ccccc1-4)C2(C)C. The molecule has 0 spiro atoms. The van der Waals surface area contributed by atoms with Crippen LogP contribution in [0, 0.1) is 13.8 Å². The molecular weight excluding hydrogens is 709 g/mol. The second-order valence-corrected chi connectivity index (χ2v) is 19.0. The summed E-state index contributed by atoms with van der Waals surface area (Å²) >= 11 is 0. The molecule has 1 atom stereocenters. The Morgan fingerprint density at radius 1 is 0.776 bits per heavy atom. The summed E-state index contributed by atoms with van der Waals surface area (Å²) in [5.74, 6) is 2.83. The van der Waals surface area contributed by atoms with Gasteiger partial charge in [-0.05, 0) is 101 Å². The first-order chi connectivity index (χ1) is 28.8. The molecule has 2 aliphatic rings. The standard InChI is InChI=1S/C53H54N4O/c1-30(2)39-25-32(5)26-40(31(3)4)46(39)56-24-23-54-49(56)34-15-14-16-35(27-34)58-36-20-21-37-41(28-36)50-55-45-38-17-12-13-18-42(38)51(7,8)29-53(11)48(45)57(50)47-43(52(53,9)10)22-19-33(6)44(37)47/h12-28,30-31H,29H2,1-11H3/i6D3. The second-order valence-electron chi connectivity index (χ2n) is 19.0. The van der Waals surface area contributed by atoms with Gasteiger partial charge in [0.2, 0.25) is 0 Å². The van der Waals surface area contributed by atoms with E-state index in [1.807, 2.05) is 36.5 Å². The molecule has 58 heavy (non-hydrogen) atoms. The van der Waals surface area contributed by atoms with Crippen molar-refractivity contribution in [2.24, 2.45) is 0 Å². The van der Waals surface area contributed by atoms with Gasteiger partial charge in [0.1, 0.15) is 23.0 Å². The Labute approximate surface area is 347 Å². The predicted molar refractivity (Wildman–Crippen MR) is 240 cm³/mol. The van der Waals surface area contributed by atoms with Crippen LogP contribution in [0.1, 0.15) is 124 Å². The van der Waals surface area contributed by atoms with Crippen LogP contribution in [0.4, 0.5) is 0 Å². The highest BCUT2D eigenvalue weighted by molar-refractivity contribution is 6.15. The number of hydrogen-bond donors (Lipinski definition) is 0. The molecule has 0 saturated heterocycles. The number of aromatic nitrogens is 4. The smallest absolute Gasteiger partial charge is 0.146 e. The number of imidazole rings is 2. The molecule has 0 fully saturated rings. The van der Waals surface area contributed by atoms with Crippen molar-refractivity contribution in [2.45, 2.75) is 111 Å². The fourth-order valence-electron chi connectivity index (χ4n) is 10.8. The molecule has 0 saturated carbocycles. The molecule has 5 heteroatoms. The zero-order valence-electron chi connectivity index (χ0n) is 38.4. The van der Waals surface area contributed by atoms with Crippen molar-refractivity contribution in [3.05, 3.63) is 142 Å². The summed E-state index contributed by atoms with van der Waals surface area (Å²) in [6, 6.07) is 31.4. The van der Waals surface area contributed by atoms with Gasteiger partial charge in [0, 0.05) is 49.2 Å². The molecule has 0 bridgehead atoms. The average Bonchev–Trinajstić information content (AvgIpc) is 3.84. The van der Waals surface area contributed by atoms with Crippen LogP contribution in [0.25, 0.3) is 55.7 Å². The Bertz CT molecular complexity index is 3100. The number of benzene rings is 5.